The highest BCUT2D eigenvalue weighted by Crippen LogP contribution is 2.31. The van der Waals surface area contributed by atoms with Crippen molar-refractivity contribution in [2.24, 2.45) is 5.10 Å². The van der Waals surface area contributed by atoms with Gasteiger partial charge in [-0.1, -0.05) is 42.5 Å². The average Bonchev–Trinajstić information content (AvgIpc) is 2.79. The van der Waals surface area contributed by atoms with Gasteiger partial charge in [0.2, 0.25) is 0 Å². The molecule has 0 saturated heterocycles. The van der Waals surface area contributed by atoms with Crippen LogP contribution in [0.1, 0.15) is 11.1 Å². The summed E-state index contributed by atoms with van der Waals surface area (Å²) in [6, 6.07) is 25.7. The molecule has 3 aromatic carbocycles. The van der Waals surface area contributed by atoms with E-state index in [0.717, 1.165) is 12.0 Å². The van der Waals surface area contributed by atoms with Crippen molar-refractivity contribution in [2.45, 2.75) is 6.17 Å². The summed E-state index contributed by atoms with van der Waals surface area (Å²) < 4.78 is 0. The van der Waals surface area contributed by atoms with Gasteiger partial charge in [0.05, 0.1) is 23.5 Å². The first-order chi connectivity index (χ1) is 14.2. The number of hydrazone groups is 1. The molecule has 1 aliphatic heterocycles. The number of benzene rings is 3. The third kappa shape index (κ3) is 3.42. The van der Waals surface area contributed by atoms with E-state index in [1.54, 1.807) is 47.5 Å². The number of carbonyl (C=O) groups excluding carboxylic acids is 1. The third-order valence-corrected chi connectivity index (χ3v) is 4.81. The Kier molecular flexibility index (Phi) is 4.95. The van der Waals surface area contributed by atoms with Gasteiger partial charge in [-0.3, -0.25) is 4.79 Å². The fourth-order valence-electron chi connectivity index (χ4n) is 3.42. The molecule has 0 radical (unpaired) electrons. The Balaban J connectivity index is 1.90. The van der Waals surface area contributed by atoms with Crippen molar-refractivity contribution in [1.82, 2.24) is 0 Å². The molecular weight excluding hydrogens is 364 g/mol. The Morgan fingerprint density at radius 2 is 1.69 bits per heavy atom. The number of hydrogen-bond acceptors (Lipinski definition) is 6. The Bertz CT molecular complexity index is 1110. The van der Waals surface area contributed by atoms with Gasteiger partial charge in [-0.15, -0.1) is 0 Å². The van der Waals surface area contributed by atoms with Gasteiger partial charge in [0.15, 0.2) is 12.5 Å². The summed E-state index contributed by atoms with van der Waals surface area (Å²) in [6.45, 7) is 0.330. The minimum Gasteiger partial charge on any atom is -0.507 e. The molecule has 1 aliphatic rings. The van der Waals surface area contributed by atoms with Crippen molar-refractivity contribution in [1.29, 1.82) is 5.26 Å². The summed E-state index contributed by atoms with van der Waals surface area (Å²) in [6.07, 6.45) is 0.0771. The molecule has 1 unspecified atom stereocenters. The zero-order valence-electron chi connectivity index (χ0n) is 15.5. The number of aldehydes is 1. The zero-order chi connectivity index (χ0) is 20.2. The van der Waals surface area contributed by atoms with Crippen molar-refractivity contribution in [3.63, 3.8) is 0 Å². The lowest BCUT2D eigenvalue weighted by Gasteiger charge is -2.41. The topological polar surface area (TPSA) is 79.9 Å². The summed E-state index contributed by atoms with van der Waals surface area (Å²) in [7, 11) is 0. The molecule has 0 amide bonds. The molecule has 1 atom stereocenters. The minimum atomic E-state index is -0.735. The summed E-state index contributed by atoms with van der Waals surface area (Å²) in [4.78, 5) is 14.1. The Morgan fingerprint density at radius 1 is 1.00 bits per heavy atom. The third-order valence-electron chi connectivity index (χ3n) is 4.81. The highest BCUT2D eigenvalue weighted by molar-refractivity contribution is 6.07. The maximum absolute atomic E-state index is 12.2. The van der Waals surface area contributed by atoms with E-state index in [1.165, 1.54) is 0 Å². The highest BCUT2D eigenvalue weighted by Gasteiger charge is 2.33. The molecule has 3 aromatic rings. The van der Waals surface area contributed by atoms with Crippen molar-refractivity contribution in [3.05, 3.63) is 90.0 Å². The van der Waals surface area contributed by atoms with Crippen LogP contribution in [0.25, 0.3) is 0 Å². The molecule has 4 rings (SSSR count). The average molecular weight is 382 g/mol. The van der Waals surface area contributed by atoms with Gasteiger partial charge >= 0.3 is 0 Å². The maximum atomic E-state index is 12.2. The number of hydrogen-bond donors (Lipinski definition) is 1. The van der Waals surface area contributed by atoms with E-state index in [9.17, 15) is 15.2 Å². The van der Waals surface area contributed by atoms with Gasteiger partial charge in [-0.05, 0) is 36.4 Å². The van der Waals surface area contributed by atoms with Crippen LogP contribution in [0.5, 0.6) is 5.75 Å². The number of phenolic OH excluding ortho intramolecular Hbond substituents is 1. The Hall–Kier alpha value is -4.11. The largest absolute Gasteiger partial charge is 0.507 e. The number of rotatable bonds is 4. The minimum absolute atomic E-state index is 0.109. The van der Waals surface area contributed by atoms with Gasteiger partial charge in [-0.2, -0.15) is 10.4 Å². The monoisotopic (exact) mass is 382 g/mol. The van der Waals surface area contributed by atoms with Crippen molar-refractivity contribution in [3.8, 4) is 11.8 Å². The van der Waals surface area contributed by atoms with Crippen LogP contribution in [-0.4, -0.2) is 29.8 Å². The first kappa shape index (κ1) is 18.3. The van der Waals surface area contributed by atoms with Crippen LogP contribution in [0.4, 0.5) is 11.4 Å². The fraction of sp³-hybridized carbons (Fsp3) is 0.0870. The van der Waals surface area contributed by atoms with E-state index in [0.29, 0.717) is 29.1 Å². The van der Waals surface area contributed by atoms with Gasteiger partial charge in [-0.25, -0.2) is 5.01 Å². The number of nitriles is 1. The summed E-state index contributed by atoms with van der Waals surface area (Å²) in [5.74, 6) is 0.109. The van der Waals surface area contributed by atoms with E-state index in [4.69, 9.17) is 0 Å². The van der Waals surface area contributed by atoms with Crippen LogP contribution in [0, 0.1) is 11.3 Å². The lowest BCUT2D eigenvalue weighted by atomic mass is 10.1. The lowest BCUT2D eigenvalue weighted by molar-refractivity contribution is -0.109. The molecular formula is C23H18N4O2. The molecule has 0 aliphatic carbocycles. The van der Waals surface area contributed by atoms with E-state index in [1.807, 2.05) is 41.3 Å². The van der Waals surface area contributed by atoms with E-state index in [-0.39, 0.29) is 5.75 Å². The normalized spacial score (nSPS) is 16.1. The molecule has 0 fully saturated rings. The van der Waals surface area contributed by atoms with Crippen LogP contribution >= 0.6 is 0 Å². The van der Waals surface area contributed by atoms with Crippen LogP contribution in [0.2, 0.25) is 0 Å². The smallest absolute Gasteiger partial charge is 0.180 e. The number of aromatic hydroxyl groups is 1. The summed E-state index contributed by atoms with van der Waals surface area (Å²) in [5.41, 5.74) is 2.96. The number of carbonyl (C=O) groups is 1. The number of para-hydroxylation sites is 3. The van der Waals surface area contributed by atoms with Gasteiger partial charge < -0.3 is 10.0 Å². The highest BCUT2D eigenvalue weighted by atomic mass is 16.3. The SMILES string of the molecule is N#Cc1ccccc1N1N=C(c2ccccc2O)CN(c2ccccc2)C1C=O. The van der Waals surface area contributed by atoms with Gasteiger partial charge in [0.25, 0.3) is 0 Å². The molecule has 6 nitrogen and oxygen atoms in total. The fourth-order valence-corrected chi connectivity index (χ4v) is 3.42. The molecule has 0 saturated carbocycles. The molecule has 1 N–H and O–H groups in total. The lowest BCUT2D eigenvalue weighted by Crippen LogP contribution is -2.54. The molecule has 29 heavy (non-hydrogen) atoms. The number of nitrogens with zero attached hydrogens (tertiary/aromatic N) is 4. The molecule has 0 aromatic heterocycles. The molecule has 1 heterocycles. The van der Waals surface area contributed by atoms with E-state index < -0.39 is 6.17 Å². The zero-order valence-corrected chi connectivity index (χ0v) is 15.5. The standard InChI is InChI=1S/C23H18N4O2/c24-14-17-8-4-6-12-21(17)27-23(16-28)26(18-9-2-1-3-10-18)15-20(25-27)19-11-5-7-13-22(19)29/h1-13,16,23,29H,15H2. The second-order valence-electron chi connectivity index (χ2n) is 6.55. The van der Waals surface area contributed by atoms with Crippen LogP contribution < -0.4 is 9.91 Å². The Labute approximate surface area is 168 Å². The molecule has 6 heteroatoms. The first-order valence-electron chi connectivity index (χ1n) is 9.14. The van der Waals surface area contributed by atoms with Crippen molar-refractivity contribution in [2.75, 3.05) is 16.5 Å². The van der Waals surface area contributed by atoms with Gasteiger partial charge in [0.1, 0.15) is 11.8 Å². The summed E-state index contributed by atoms with van der Waals surface area (Å²) >= 11 is 0. The van der Waals surface area contributed by atoms with Crippen molar-refractivity contribution >= 4 is 23.4 Å². The van der Waals surface area contributed by atoms with Crippen LogP contribution in [0.15, 0.2) is 84.0 Å². The summed E-state index contributed by atoms with van der Waals surface area (Å²) in [5, 5.41) is 26.1. The molecule has 142 valence electrons. The predicted octanol–water partition coefficient (Wildman–Crippen LogP) is 3.52. The second-order valence-corrected chi connectivity index (χ2v) is 6.55. The van der Waals surface area contributed by atoms with Crippen molar-refractivity contribution < 1.29 is 9.90 Å². The van der Waals surface area contributed by atoms with E-state index >= 15 is 0 Å². The van der Waals surface area contributed by atoms with Crippen LogP contribution in [-0.2, 0) is 4.79 Å². The van der Waals surface area contributed by atoms with E-state index in [2.05, 4.69) is 11.2 Å². The maximum Gasteiger partial charge on any atom is 0.180 e. The number of anilines is 2. The predicted molar refractivity (Wildman–Crippen MR) is 112 cm³/mol. The Morgan fingerprint density at radius 3 is 2.41 bits per heavy atom. The molecule has 0 bridgehead atoms. The van der Waals surface area contributed by atoms with Crippen LogP contribution in [0.3, 0.4) is 0 Å². The molecule has 0 spiro atoms. The first-order valence-corrected chi connectivity index (χ1v) is 9.14. The van der Waals surface area contributed by atoms with Gasteiger partial charge in [0, 0.05) is 11.3 Å². The quantitative estimate of drug-likeness (QED) is 0.699. The second kappa shape index (κ2) is 7.87. The number of phenols is 1.